The van der Waals surface area contributed by atoms with Gasteiger partial charge in [0.05, 0.1) is 6.33 Å². The van der Waals surface area contributed by atoms with Crippen molar-refractivity contribution < 1.29 is 13.9 Å². The molecule has 1 rings (SSSR count). The molecule has 0 aliphatic carbocycles. The first kappa shape index (κ1) is 11.0. The number of ether oxygens (including phenoxy) is 1. The number of hydrogen-bond donors (Lipinski definition) is 0. The van der Waals surface area contributed by atoms with Crippen molar-refractivity contribution in [3.8, 4) is 0 Å². The monoisotopic (exact) mass is 201 g/mol. The summed E-state index contributed by atoms with van der Waals surface area (Å²) < 4.78 is 16.9. The predicted octanol–water partition coefficient (Wildman–Crippen LogP) is 2.34. The fourth-order valence-electron chi connectivity index (χ4n) is 1.21. The third-order valence-electron chi connectivity index (χ3n) is 1.91. The fraction of sp³-hybridized carbons (Fsp3) is 0.700. The van der Waals surface area contributed by atoms with Gasteiger partial charge in [-0.05, 0) is 26.8 Å². The number of likely N-dealkylation sites (tertiary alicyclic amines) is 1. The molecule has 0 spiro atoms. The molecule has 1 amide bonds. The second-order valence-electron chi connectivity index (χ2n) is 4.46. The SMILES string of the molecule is CC(C)(C)OC(=O)N1CC(/C=C\F)C1. The Balaban J connectivity index is 2.30. The molecule has 0 saturated carbocycles. The number of carbonyl (C=O) groups excluding carboxylic acids is 1. The van der Waals surface area contributed by atoms with E-state index in [-0.39, 0.29) is 12.0 Å². The maximum Gasteiger partial charge on any atom is 0.410 e. The summed E-state index contributed by atoms with van der Waals surface area (Å²) in [4.78, 5) is 12.9. The summed E-state index contributed by atoms with van der Waals surface area (Å²) in [7, 11) is 0. The molecule has 1 heterocycles. The van der Waals surface area contributed by atoms with Crippen molar-refractivity contribution in [1.29, 1.82) is 0 Å². The molecule has 0 aromatic carbocycles. The molecule has 0 N–H and O–H groups in total. The number of carbonyl (C=O) groups is 1. The Morgan fingerprint density at radius 3 is 2.50 bits per heavy atom. The number of rotatable bonds is 1. The second-order valence-corrected chi connectivity index (χ2v) is 4.46. The summed E-state index contributed by atoms with van der Waals surface area (Å²) in [5.41, 5.74) is -0.460. The quantitative estimate of drug-likeness (QED) is 0.651. The van der Waals surface area contributed by atoms with Gasteiger partial charge in [0.15, 0.2) is 0 Å². The van der Waals surface area contributed by atoms with Crippen LogP contribution in [0.3, 0.4) is 0 Å². The Labute approximate surface area is 83.5 Å². The lowest BCUT2D eigenvalue weighted by atomic mass is 10.0. The first-order chi connectivity index (χ1) is 6.42. The van der Waals surface area contributed by atoms with E-state index in [1.807, 2.05) is 20.8 Å². The number of hydrogen-bond acceptors (Lipinski definition) is 2. The van der Waals surface area contributed by atoms with Crippen molar-refractivity contribution in [3.63, 3.8) is 0 Å². The Bertz CT molecular complexity index is 239. The number of amides is 1. The standard InChI is InChI=1S/C10H16FNO2/c1-10(2,3)14-9(13)12-6-8(7-12)4-5-11/h4-5,8H,6-7H2,1-3H3/b5-4-. The van der Waals surface area contributed by atoms with Crippen LogP contribution >= 0.6 is 0 Å². The van der Waals surface area contributed by atoms with Crippen LogP contribution in [0.1, 0.15) is 20.8 Å². The maximum absolute atomic E-state index is 11.7. The van der Waals surface area contributed by atoms with Crippen LogP contribution < -0.4 is 0 Å². The molecule has 0 radical (unpaired) electrons. The molecule has 0 aromatic rings. The van der Waals surface area contributed by atoms with Gasteiger partial charge in [-0.1, -0.05) is 0 Å². The van der Waals surface area contributed by atoms with E-state index in [0.717, 1.165) is 0 Å². The highest BCUT2D eigenvalue weighted by atomic mass is 19.1. The van der Waals surface area contributed by atoms with Crippen LogP contribution in [-0.4, -0.2) is 29.7 Å². The van der Waals surface area contributed by atoms with Crippen LogP contribution in [-0.2, 0) is 4.74 Å². The zero-order valence-corrected chi connectivity index (χ0v) is 8.79. The molecular formula is C10H16FNO2. The van der Waals surface area contributed by atoms with Gasteiger partial charge < -0.3 is 9.64 Å². The molecule has 4 heteroatoms. The van der Waals surface area contributed by atoms with Gasteiger partial charge in [0, 0.05) is 19.0 Å². The second kappa shape index (κ2) is 3.98. The van der Waals surface area contributed by atoms with Gasteiger partial charge in [-0.3, -0.25) is 0 Å². The molecule has 0 aromatic heterocycles. The molecule has 1 aliphatic rings. The van der Waals surface area contributed by atoms with E-state index in [2.05, 4.69) is 0 Å². The summed E-state index contributed by atoms with van der Waals surface area (Å²) >= 11 is 0. The summed E-state index contributed by atoms with van der Waals surface area (Å²) in [6.45, 7) is 6.57. The molecule has 80 valence electrons. The number of halogens is 1. The van der Waals surface area contributed by atoms with Crippen molar-refractivity contribution in [2.75, 3.05) is 13.1 Å². The topological polar surface area (TPSA) is 29.5 Å². The van der Waals surface area contributed by atoms with E-state index < -0.39 is 5.60 Å². The summed E-state index contributed by atoms with van der Waals surface area (Å²) in [6, 6.07) is 0. The normalized spacial score (nSPS) is 18.4. The highest BCUT2D eigenvalue weighted by molar-refractivity contribution is 5.69. The van der Waals surface area contributed by atoms with Crippen molar-refractivity contribution in [3.05, 3.63) is 12.4 Å². The van der Waals surface area contributed by atoms with Gasteiger partial charge in [-0.15, -0.1) is 0 Å². The Kier molecular flexibility index (Phi) is 3.13. The molecular weight excluding hydrogens is 185 g/mol. The van der Waals surface area contributed by atoms with E-state index in [1.165, 1.54) is 6.08 Å². The zero-order valence-electron chi connectivity index (χ0n) is 8.79. The first-order valence-corrected chi connectivity index (χ1v) is 4.67. The Morgan fingerprint density at radius 2 is 2.07 bits per heavy atom. The molecule has 0 unspecified atom stereocenters. The highest BCUT2D eigenvalue weighted by Crippen LogP contribution is 2.20. The van der Waals surface area contributed by atoms with E-state index >= 15 is 0 Å². The van der Waals surface area contributed by atoms with Crippen molar-refractivity contribution in [2.24, 2.45) is 5.92 Å². The van der Waals surface area contributed by atoms with Gasteiger partial charge in [0.2, 0.25) is 0 Å². The predicted molar refractivity (Wildman–Crippen MR) is 51.5 cm³/mol. The largest absolute Gasteiger partial charge is 0.444 e. The van der Waals surface area contributed by atoms with Crippen LogP contribution in [0, 0.1) is 5.92 Å². The molecule has 1 fully saturated rings. The Hall–Kier alpha value is -1.06. The van der Waals surface area contributed by atoms with Crippen LogP contribution in [0.25, 0.3) is 0 Å². The van der Waals surface area contributed by atoms with Crippen molar-refractivity contribution in [1.82, 2.24) is 4.90 Å². The van der Waals surface area contributed by atoms with E-state index in [0.29, 0.717) is 19.4 Å². The molecule has 0 bridgehead atoms. The third-order valence-corrected chi connectivity index (χ3v) is 1.91. The summed E-state index contributed by atoms with van der Waals surface area (Å²) in [5, 5.41) is 0. The van der Waals surface area contributed by atoms with Gasteiger partial charge >= 0.3 is 6.09 Å². The van der Waals surface area contributed by atoms with E-state index in [9.17, 15) is 9.18 Å². The molecule has 0 atom stereocenters. The highest BCUT2D eigenvalue weighted by Gasteiger charge is 2.32. The lowest BCUT2D eigenvalue weighted by Crippen LogP contribution is -2.50. The average Bonchev–Trinajstić information content (AvgIpc) is 1.91. The lowest BCUT2D eigenvalue weighted by molar-refractivity contribution is 0.00481. The van der Waals surface area contributed by atoms with Crippen molar-refractivity contribution in [2.45, 2.75) is 26.4 Å². The molecule has 14 heavy (non-hydrogen) atoms. The minimum Gasteiger partial charge on any atom is -0.444 e. The van der Waals surface area contributed by atoms with E-state index in [1.54, 1.807) is 4.90 Å². The minimum atomic E-state index is -0.460. The fourth-order valence-corrected chi connectivity index (χ4v) is 1.21. The molecule has 3 nitrogen and oxygen atoms in total. The molecule has 1 saturated heterocycles. The minimum absolute atomic E-state index is 0.146. The van der Waals surface area contributed by atoms with Gasteiger partial charge in [-0.2, -0.15) is 0 Å². The van der Waals surface area contributed by atoms with Gasteiger partial charge in [-0.25, -0.2) is 9.18 Å². The van der Waals surface area contributed by atoms with Gasteiger partial charge in [0.1, 0.15) is 5.60 Å². The van der Waals surface area contributed by atoms with Crippen LogP contribution in [0.2, 0.25) is 0 Å². The van der Waals surface area contributed by atoms with Crippen molar-refractivity contribution >= 4 is 6.09 Å². The van der Waals surface area contributed by atoms with E-state index in [4.69, 9.17) is 4.74 Å². The Morgan fingerprint density at radius 1 is 1.50 bits per heavy atom. The average molecular weight is 201 g/mol. The summed E-state index contributed by atoms with van der Waals surface area (Å²) in [5.74, 6) is 0.146. The van der Waals surface area contributed by atoms with Crippen LogP contribution in [0.4, 0.5) is 9.18 Å². The smallest absolute Gasteiger partial charge is 0.410 e. The lowest BCUT2D eigenvalue weighted by Gasteiger charge is -2.38. The summed E-state index contributed by atoms with van der Waals surface area (Å²) in [6.07, 6.45) is 1.67. The third kappa shape index (κ3) is 3.01. The van der Waals surface area contributed by atoms with Crippen LogP contribution in [0.5, 0.6) is 0 Å². The molecule has 1 aliphatic heterocycles. The maximum atomic E-state index is 11.7. The zero-order chi connectivity index (χ0) is 10.8. The number of nitrogens with zero attached hydrogens (tertiary/aromatic N) is 1. The van der Waals surface area contributed by atoms with Gasteiger partial charge in [0.25, 0.3) is 0 Å². The van der Waals surface area contributed by atoms with Crippen LogP contribution in [0.15, 0.2) is 12.4 Å². The first-order valence-electron chi connectivity index (χ1n) is 4.67.